The van der Waals surface area contributed by atoms with Crippen molar-refractivity contribution in [2.45, 2.75) is 40.6 Å². The van der Waals surface area contributed by atoms with Crippen molar-refractivity contribution in [3.8, 4) is 0 Å². The molecule has 2 aromatic carbocycles. The number of aliphatic hydroxyl groups is 1. The normalized spacial score (nSPS) is 8.77. The molecule has 0 saturated heterocycles. The zero-order chi connectivity index (χ0) is 18.3. The lowest BCUT2D eigenvalue weighted by Gasteiger charge is -2.01. The van der Waals surface area contributed by atoms with Gasteiger partial charge in [-0.1, -0.05) is 42.9 Å². The summed E-state index contributed by atoms with van der Waals surface area (Å²) in [4.78, 5) is 6.14. The summed E-state index contributed by atoms with van der Waals surface area (Å²) in [6.45, 7) is 16.6. The molecular weight excluding hydrogens is 402 g/mol. The van der Waals surface area contributed by atoms with E-state index in [4.69, 9.17) is 18.3 Å². The van der Waals surface area contributed by atoms with Crippen LogP contribution < -0.4 is 0 Å². The van der Waals surface area contributed by atoms with Gasteiger partial charge in [0, 0.05) is 5.33 Å². The first-order valence-electron chi connectivity index (χ1n) is 6.87. The van der Waals surface area contributed by atoms with Crippen LogP contribution in [0.1, 0.15) is 37.1 Å². The minimum Gasteiger partial charge on any atom is -0.392 e. The zero-order valence-corrected chi connectivity index (χ0v) is 14.8. The third-order valence-electron chi connectivity index (χ3n) is 3.19. The number of alkyl halides is 1. The molecule has 0 spiro atoms. The van der Waals surface area contributed by atoms with E-state index in [2.05, 4.69) is 25.6 Å². The molecule has 0 aromatic heterocycles. The topological polar surface area (TPSA) is 29.0 Å². The van der Waals surface area contributed by atoms with Gasteiger partial charge >= 0.3 is 0 Å². The van der Waals surface area contributed by atoms with E-state index in [1.165, 1.54) is 12.1 Å². The van der Waals surface area contributed by atoms with Gasteiger partial charge in [-0.3, -0.25) is 0 Å². The number of rotatable bonds is 2. The first kappa shape index (κ1) is 26.0. The van der Waals surface area contributed by atoms with Gasteiger partial charge in [-0.15, -0.1) is 0 Å². The monoisotopic (exact) mass is 424 g/mol. The second kappa shape index (κ2) is 12.1. The SMILES string of the molecule is C.C.[C-]#[N+]c1c(C)cc(CBr)cc1F.[C-]#[N+]c1c(C)cc(CO)cc1F. The number of aryl methyl sites for hydroxylation is 2. The van der Waals surface area contributed by atoms with Crippen LogP contribution in [0.5, 0.6) is 0 Å². The molecular formula is C20H23BrF2N2O. The second-order valence-electron chi connectivity index (χ2n) is 5.00. The summed E-state index contributed by atoms with van der Waals surface area (Å²) in [5, 5.41) is 9.32. The molecule has 6 heteroatoms. The lowest BCUT2D eigenvalue weighted by molar-refractivity contribution is 0.281. The Bertz CT molecular complexity index is 708. The average molecular weight is 425 g/mol. The van der Waals surface area contributed by atoms with Crippen molar-refractivity contribution in [3.63, 3.8) is 0 Å². The summed E-state index contributed by atoms with van der Waals surface area (Å²) < 4.78 is 26.0. The maximum atomic E-state index is 13.1. The van der Waals surface area contributed by atoms with E-state index >= 15 is 0 Å². The van der Waals surface area contributed by atoms with Gasteiger partial charge in [-0.05, 0) is 48.2 Å². The average Bonchev–Trinajstić information content (AvgIpc) is 2.54. The fourth-order valence-electron chi connectivity index (χ4n) is 2.07. The van der Waals surface area contributed by atoms with Crippen LogP contribution in [-0.4, -0.2) is 5.11 Å². The molecule has 2 rings (SSSR count). The van der Waals surface area contributed by atoms with E-state index in [1.807, 2.05) is 6.07 Å². The van der Waals surface area contributed by atoms with E-state index < -0.39 is 11.6 Å². The van der Waals surface area contributed by atoms with Crippen LogP contribution in [0.25, 0.3) is 9.69 Å². The van der Waals surface area contributed by atoms with Crippen LogP contribution >= 0.6 is 15.9 Å². The molecule has 0 aliphatic carbocycles. The number of benzene rings is 2. The minimum absolute atomic E-state index is 0. The number of hydrogen-bond donors (Lipinski definition) is 1. The Balaban J connectivity index is 0. The van der Waals surface area contributed by atoms with Gasteiger partial charge in [0.1, 0.15) is 11.6 Å². The van der Waals surface area contributed by atoms with Crippen molar-refractivity contribution in [3.05, 3.63) is 81.0 Å². The fourth-order valence-corrected chi connectivity index (χ4v) is 2.39. The van der Waals surface area contributed by atoms with Crippen molar-refractivity contribution in [2.75, 3.05) is 0 Å². The molecule has 0 fully saturated rings. The van der Waals surface area contributed by atoms with Crippen molar-refractivity contribution >= 4 is 27.3 Å². The van der Waals surface area contributed by atoms with E-state index in [0.29, 0.717) is 22.0 Å². The molecule has 0 saturated carbocycles. The largest absolute Gasteiger partial charge is 0.392 e. The van der Waals surface area contributed by atoms with Crippen LogP contribution in [0.4, 0.5) is 20.2 Å². The van der Waals surface area contributed by atoms with Gasteiger partial charge in [-0.2, -0.15) is 0 Å². The Morgan fingerprint density at radius 2 is 1.27 bits per heavy atom. The second-order valence-corrected chi connectivity index (χ2v) is 5.56. The van der Waals surface area contributed by atoms with Gasteiger partial charge in [0.15, 0.2) is 0 Å². The van der Waals surface area contributed by atoms with Crippen molar-refractivity contribution < 1.29 is 13.9 Å². The van der Waals surface area contributed by atoms with Crippen molar-refractivity contribution in [1.82, 2.24) is 0 Å². The Hall–Kier alpha value is -2.28. The lowest BCUT2D eigenvalue weighted by Crippen LogP contribution is -1.87. The number of hydrogen-bond acceptors (Lipinski definition) is 1. The van der Waals surface area contributed by atoms with E-state index in [9.17, 15) is 8.78 Å². The third kappa shape index (κ3) is 6.55. The Kier molecular flexibility index (Phi) is 12.1. The smallest absolute Gasteiger partial charge is 0.224 e. The summed E-state index contributed by atoms with van der Waals surface area (Å²) in [6, 6.07) is 5.98. The van der Waals surface area contributed by atoms with Crippen LogP contribution in [0.3, 0.4) is 0 Å². The molecule has 0 bridgehead atoms. The van der Waals surface area contributed by atoms with Crippen molar-refractivity contribution in [1.29, 1.82) is 0 Å². The molecule has 0 radical (unpaired) electrons. The molecule has 0 aliphatic rings. The standard InChI is InChI=1S/C9H7BrFN.C9H8FNO.2CH4/c1-6-3-7(5-10)4-8(11)9(6)12-2;1-6-3-7(5-12)4-8(10)9(6)11-2;;/h3-4H,5H2,1H3;3-4,12H,5H2,1H3;2*1H4. The molecule has 26 heavy (non-hydrogen) atoms. The molecule has 0 heterocycles. The summed E-state index contributed by atoms with van der Waals surface area (Å²) in [5.74, 6) is -0.992. The third-order valence-corrected chi connectivity index (χ3v) is 3.84. The van der Waals surface area contributed by atoms with Gasteiger partial charge < -0.3 is 5.11 Å². The van der Waals surface area contributed by atoms with Gasteiger partial charge in [0.25, 0.3) is 0 Å². The first-order valence-corrected chi connectivity index (χ1v) is 7.99. The minimum atomic E-state index is -0.561. The highest BCUT2D eigenvalue weighted by Crippen LogP contribution is 2.25. The Labute approximate surface area is 163 Å². The van der Waals surface area contributed by atoms with E-state index in [0.717, 1.165) is 5.56 Å². The van der Waals surface area contributed by atoms with Crippen molar-refractivity contribution in [2.24, 2.45) is 0 Å². The molecule has 1 N–H and O–H groups in total. The predicted molar refractivity (Wildman–Crippen MR) is 107 cm³/mol. The number of halogens is 3. The maximum absolute atomic E-state index is 13.1. The molecule has 3 nitrogen and oxygen atoms in total. The Morgan fingerprint density at radius 1 is 0.885 bits per heavy atom. The number of aliphatic hydroxyl groups excluding tert-OH is 1. The molecule has 2 aromatic rings. The van der Waals surface area contributed by atoms with Gasteiger partial charge in [0.2, 0.25) is 11.4 Å². The Morgan fingerprint density at radius 3 is 1.58 bits per heavy atom. The number of nitrogens with zero attached hydrogens (tertiary/aromatic N) is 2. The fraction of sp³-hybridized carbons (Fsp3) is 0.300. The molecule has 140 valence electrons. The first-order chi connectivity index (χ1) is 11.4. The zero-order valence-electron chi connectivity index (χ0n) is 13.2. The summed E-state index contributed by atoms with van der Waals surface area (Å²) in [6.07, 6.45) is 0. The summed E-state index contributed by atoms with van der Waals surface area (Å²) in [7, 11) is 0. The quantitative estimate of drug-likeness (QED) is 0.406. The van der Waals surface area contributed by atoms with Crippen LogP contribution in [-0.2, 0) is 11.9 Å². The van der Waals surface area contributed by atoms with Gasteiger partial charge in [-0.25, -0.2) is 18.5 Å². The maximum Gasteiger partial charge on any atom is 0.224 e. The lowest BCUT2D eigenvalue weighted by atomic mass is 10.1. The van der Waals surface area contributed by atoms with E-state index in [1.54, 1.807) is 19.9 Å². The van der Waals surface area contributed by atoms with E-state index in [-0.39, 0.29) is 32.8 Å². The highest BCUT2D eigenvalue weighted by Gasteiger charge is 2.07. The van der Waals surface area contributed by atoms with Gasteiger partial charge in [0.05, 0.1) is 19.8 Å². The highest BCUT2D eigenvalue weighted by atomic mass is 79.9. The summed E-state index contributed by atoms with van der Waals surface area (Å²) >= 11 is 3.23. The highest BCUT2D eigenvalue weighted by molar-refractivity contribution is 9.08. The molecule has 0 unspecified atom stereocenters. The predicted octanol–water partition coefficient (Wildman–Crippen LogP) is 7.03. The molecule has 0 amide bonds. The van der Waals surface area contributed by atoms with Crippen LogP contribution in [0.2, 0.25) is 0 Å². The molecule has 0 atom stereocenters. The molecule has 0 aliphatic heterocycles. The summed E-state index contributed by atoms with van der Waals surface area (Å²) in [5.41, 5.74) is 2.77. The van der Waals surface area contributed by atoms with Crippen LogP contribution in [0, 0.1) is 38.6 Å². The van der Waals surface area contributed by atoms with Crippen LogP contribution in [0.15, 0.2) is 24.3 Å².